The number of carbonyl (C=O) groups is 1. The fourth-order valence-electron chi connectivity index (χ4n) is 3.30. The van der Waals surface area contributed by atoms with Gasteiger partial charge in [-0.05, 0) is 19.1 Å². The van der Waals surface area contributed by atoms with E-state index in [1.807, 2.05) is 35.2 Å². The van der Waals surface area contributed by atoms with Crippen LogP contribution in [0.15, 0.2) is 35.3 Å². The van der Waals surface area contributed by atoms with Crippen molar-refractivity contribution in [2.75, 3.05) is 57.4 Å². The number of guanidine groups is 1. The van der Waals surface area contributed by atoms with E-state index in [0.717, 1.165) is 57.6 Å². The van der Waals surface area contributed by atoms with Gasteiger partial charge in [0.15, 0.2) is 5.96 Å². The summed E-state index contributed by atoms with van der Waals surface area (Å²) in [5.74, 6) is 0.936. The van der Waals surface area contributed by atoms with Crippen LogP contribution in [0.25, 0.3) is 0 Å². The SMILES string of the molecule is CCNC(=NCCN1CCOCC1)NC1CC(=O)N(c2ccccc2)C1.I. The van der Waals surface area contributed by atoms with Crippen LogP contribution in [-0.4, -0.2) is 75.3 Å². The monoisotopic (exact) mass is 487 g/mol. The van der Waals surface area contributed by atoms with Crippen molar-refractivity contribution in [3.8, 4) is 0 Å². The normalized spacial score (nSPS) is 21.1. The van der Waals surface area contributed by atoms with Gasteiger partial charge < -0.3 is 20.3 Å². The number of hydrogen-bond acceptors (Lipinski definition) is 4. The van der Waals surface area contributed by atoms with Crippen molar-refractivity contribution >= 4 is 41.5 Å². The number of amides is 1. The Morgan fingerprint density at radius 3 is 2.70 bits per heavy atom. The van der Waals surface area contributed by atoms with Gasteiger partial charge in [0.25, 0.3) is 0 Å². The topological polar surface area (TPSA) is 69.2 Å². The van der Waals surface area contributed by atoms with E-state index in [-0.39, 0.29) is 35.9 Å². The highest BCUT2D eigenvalue weighted by molar-refractivity contribution is 14.0. The molecule has 0 aliphatic carbocycles. The third kappa shape index (κ3) is 6.62. The molecular weight excluding hydrogens is 457 g/mol. The van der Waals surface area contributed by atoms with E-state index in [0.29, 0.717) is 13.0 Å². The molecule has 2 fully saturated rings. The Bertz CT molecular complexity index is 607. The molecule has 150 valence electrons. The summed E-state index contributed by atoms with van der Waals surface area (Å²) < 4.78 is 5.37. The molecule has 2 aliphatic rings. The maximum absolute atomic E-state index is 12.4. The van der Waals surface area contributed by atoms with Crippen molar-refractivity contribution < 1.29 is 9.53 Å². The van der Waals surface area contributed by atoms with E-state index in [4.69, 9.17) is 4.74 Å². The van der Waals surface area contributed by atoms with Crippen molar-refractivity contribution in [3.63, 3.8) is 0 Å². The van der Waals surface area contributed by atoms with E-state index in [2.05, 4.69) is 27.4 Å². The zero-order valence-corrected chi connectivity index (χ0v) is 18.2. The second kappa shape index (κ2) is 11.5. The van der Waals surface area contributed by atoms with Gasteiger partial charge in [0, 0.05) is 44.8 Å². The zero-order chi connectivity index (χ0) is 18.2. The molecule has 0 radical (unpaired) electrons. The summed E-state index contributed by atoms with van der Waals surface area (Å²) in [6.45, 7) is 8.74. The average molecular weight is 487 g/mol. The lowest BCUT2D eigenvalue weighted by Gasteiger charge is -2.26. The van der Waals surface area contributed by atoms with Gasteiger partial charge in [0.2, 0.25) is 5.91 Å². The van der Waals surface area contributed by atoms with Crippen molar-refractivity contribution in [1.29, 1.82) is 0 Å². The molecule has 0 spiro atoms. The maximum atomic E-state index is 12.4. The number of carbonyl (C=O) groups excluding carboxylic acids is 1. The first-order valence-electron chi connectivity index (χ1n) is 9.46. The molecule has 1 amide bonds. The summed E-state index contributed by atoms with van der Waals surface area (Å²) in [5, 5.41) is 6.70. The quantitative estimate of drug-likeness (QED) is 0.360. The number of aliphatic imine (C=N–C) groups is 1. The first kappa shape index (κ1) is 21.9. The number of nitrogens with one attached hydrogen (secondary N) is 2. The summed E-state index contributed by atoms with van der Waals surface area (Å²) in [6, 6.07) is 9.90. The minimum absolute atomic E-state index is 0. The number of nitrogens with zero attached hydrogens (tertiary/aromatic N) is 3. The van der Waals surface area contributed by atoms with E-state index < -0.39 is 0 Å². The molecule has 8 heteroatoms. The lowest BCUT2D eigenvalue weighted by molar-refractivity contribution is -0.117. The number of rotatable bonds is 6. The van der Waals surface area contributed by atoms with E-state index in [1.54, 1.807) is 0 Å². The number of anilines is 1. The van der Waals surface area contributed by atoms with E-state index in [1.165, 1.54) is 0 Å². The standard InChI is InChI=1S/C19H29N5O2.HI/c1-2-20-19(21-8-9-23-10-12-26-13-11-23)22-16-14-18(25)24(15-16)17-6-4-3-5-7-17;/h3-7,16H,2,8-15H2,1H3,(H2,20,21,22);1H. The van der Waals surface area contributed by atoms with Crippen molar-refractivity contribution in [2.24, 2.45) is 4.99 Å². The Labute approximate surface area is 178 Å². The van der Waals surface area contributed by atoms with Gasteiger partial charge in [-0.1, -0.05) is 18.2 Å². The Balaban J connectivity index is 0.00000261. The van der Waals surface area contributed by atoms with Crippen LogP contribution in [0.3, 0.4) is 0 Å². The number of benzene rings is 1. The molecule has 27 heavy (non-hydrogen) atoms. The van der Waals surface area contributed by atoms with Gasteiger partial charge in [-0.2, -0.15) is 0 Å². The minimum Gasteiger partial charge on any atom is -0.379 e. The molecule has 0 saturated carbocycles. The summed E-state index contributed by atoms with van der Waals surface area (Å²) in [4.78, 5) is 21.2. The summed E-state index contributed by atoms with van der Waals surface area (Å²) >= 11 is 0. The fourth-order valence-corrected chi connectivity index (χ4v) is 3.30. The smallest absolute Gasteiger partial charge is 0.229 e. The van der Waals surface area contributed by atoms with Crippen LogP contribution in [0.5, 0.6) is 0 Å². The zero-order valence-electron chi connectivity index (χ0n) is 15.9. The molecule has 1 aromatic rings. The molecule has 2 N–H and O–H groups in total. The largest absolute Gasteiger partial charge is 0.379 e. The van der Waals surface area contributed by atoms with Crippen LogP contribution in [0.2, 0.25) is 0 Å². The Morgan fingerprint density at radius 1 is 1.26 bits per heavy atom. The predicted molar refractivity (Wildman–Crippen MR) is 119 cm³/mol. The predicted octanol–water partition coefficient (Wildman–Crippen LogP) is 1.30. The highest BCUT2D eigenvalue weighted by atomic mass is 127. The van der Waals surface area contributed by atoms with Crippen LogP contribution >= 0.6 is 24.0 Å². The van der Waals surface area contributed by atoms with Gasteiger partial charge in [-0.15, -0.1) is 24.0 Å². The minimum atomic E-state index is 0. The molecule has 0 bridgehead atoms. The molecule has 0 aromatic heterocycles. The second-order valence-electron chi connectivity index (χ2n) is 6.60. The number of hydrogen-bond donors (Lipinski definition) is 2. The van der Waals surface area contributed by atoms with Crippen LogP contribution in [-0.2, 0) is 9.53 Å². The first-order valence-corrected chi connectivity index (χ1v) is 9.46. The van der Waals surface area contributed by atoms with E-state index in [9.17, 15) is 4.79 Å². The third-order valence-electron chi connectivity index (χ3n) is 4.67. The van der Waals surface area contributed by atoms with Crippen LogP contribution in [0, 0.1) is 0 Å². The first-order chi connectivity index (χ1) is 12.8. The highest BCUT2D eigenvalue weighted by Crippen LogP contribution is 2.20. The van der Waals surface area contributed by atoms with Crippen molar-refractivity contribution in [2.45, 2.75) is 19.4 Å². The Morgan fingerprint density at radius 2 is 2.00 bits per heavy atom. The van der Waals surface area contributed by atoms with Gasteiger partial charge in [-0.25, -0.2) is 0 Å². The van der Waals surface area contributed by atoms with Gasteiger partial charge in [0.1, 0.15) is 0 Å². The summed E-state index contributed by atoms with van der Waals surface area (Å²) in [5.41, 5.74) is 0.955. The molecule has 1 aromatic carbocycles. The van der Waals surface area contributed by atoms with E-state index >= 15 is 0 Å². The van der Waals surface area contributed by atoms with Crippen LogP contribution < -0.4 is 15.5 Å². The fraction of sp³-hybridized carbons (Fsp3) is 0.579. The van der Waals surface area contributed by atoms with Gasteiger partial charge in [0.05, 0.1) is 25.8 Å². The average Bonchev–Trinajstić information content (AvgIpc) is 3.03. The lowest BCUT2D eigenvalue weighted by Crippen LogP contribution is -2.45. The number of morpholine rings is 1. The highest BCUT2D eigenvalue weighted by Gasteiger charge is 2.31. The van der Waals surface area contributed by atoms with Crippen LogP contribution in [0.4, 0.5) is 5.69 Å². The second-order valence-corrected chi connectivity index (χ2v) is 6.60. The van der Waals surface area contributed by atoms with Crippen LogP contribution in [0.1, 0.15) is 13.3 Å². The Kier molecular flexibility index (Phi) is 9.29. The third-order valence-corrected chi connectivity index (χ3v) is 4.67. The molecule has 1 atom stereocenters. The Hall–Kier alpha value is -1.39. The number of halogens is 1. The number of ether oxygens (including phenoxy) is 1. The molecule has 1 unspecified atom stereocenters. The molecule has 2 saturated heterocycles. The molecule has 2 aliphatic heterocycles. The maximum Gasteiger partial charge on any atom is 0.229 e. The van der Waals surface area contributed by atoms with Gasteiger partial charge in [-0.3, -0.25) is 14.7 Å². The summed E-state index contributed by atoms with van der Waals surface area (Å²) in [6.07, 6.45) is 0.489. The molecule has 7 nitrogen and oxygen atoms in total. The molecule has 2 heterocycles. The number of para-hydroxylation sites is 1. The molecular formula is C19H30IN5O2. The summed E-state index contributed by atoms with van der Waals surface area (Å²) in [7, 11) is 0. The van der Waals surface area contributed by atoms with Crippen molar-refractivity contribution in [3.05, 3.63) is 30.3 Å². The lowest BCUT2D eigenvalue weighted by atomic mass is 10.2. The molecule has 3 rings (SSSR count). The van der Waals surface area contributed by atoms with Crippen molar-refractivity contribution in [1.82, 2.24) is 15.5 Å². The van der Waals surface area contributed by atoms with Gasteiger partial charge >= 0.3 is 0 Å².